The first kappa shape index (κ1) is 16.5. The number of alkyl halides is 1. The van der Waals surface area contributed by atoms with Crippen molar-refractivity contribution in [3.63, 3.8) is 0 Å². The van der Waals surface area contributed by atoms with Crippen LogP contribution in [-0.4, -0.2) is 40.0 Å². The molecule has 0 bridgehead atoms. The third-order valence-corrected chi connectivity index (χ3v) is 5.17. The largest absolute Gasteiger partial charge is 0.370 e. The van der Waals surface area contributed by atoms with Crippen LogP contribution >= 0.6 is 11.6 Å². The third kappa shape index (κ3) is 4.52. The topological polar surface area (TPSA) is 49.4 Å². The molecule has 0 aliphatic carbocycles. The molecule has 1 N–H and O–H groups in total. The van der Waals surface area contributed by atoms with Crippen molar-refractivity contribution >= 4 is 27.3 Å². The first-order valence-corrected chi connectivity index (χ1v) is 8.70. The standard InChI is InChI=1S/C13H17ClF2N2O2S/c14-12-3-2-11(8-13(12)16)18-6-4-10(9-18)17-21(19,20)7-1-5-15/h2-3,8,10,17H,1,4-7,9H2. The molecule has 1 aliphatic heterocycles. The van der Waals surface area contributed by atoms with Crippen LogP contribution in [0.5, 0.6) is 0 Å². The highest BCUT2D eigenvalue weighted by Crippen LogP contribution is 2.25. The summed E-state index contributed by atoms with van der Waals surface area (Å²) < 4.78 is 51.5. The Labute approximate surface area is 128 Å². The van der Waals surface area contributed by atoms with Crippen LogP contribution in [-0.2, 0) is 10.0 Å². The SMILES string of the molecule is O=S(=O)(CCCF)NC1CCN(c2ccc(Cl)c(F)c2)C1. The Bertz CT molecular complexity index is 598. The molecule has 1 fully saturated rings. The van der Waals surface area contributed by atoms with Crippen molar-refractivity contribution in [1.29, 1.82) is 0 Å². The van der Waals surface area contributed by atoms with Crippen molar-refractivity contribution in [2.45, 2.75) is 18.9 Å². The van der Waals surface area contributed by atoms with Gasteiger partial charge in [-0.15, -0.1) is 0 Å². The molecule has 1 aromatic rings. The van der Waals surface area contributed by atoms with Crippen molar-refractivity contribution in [1.82, 2.24) is 4.72 Å². The first-order valence-electron chi connectivity index (χ1n) is 6.67. The van der Waals surface area contributed by atoms with E-state index in [0.717, 1.165) is 0 Å². The lowest BCUT2D eigenvalue weighted by molar-refractivity contribution is 0.481. The fourth-order valence-electron chi connectivity index (χ4n) is 2.33. The Morgan fingerprint density at radius 1 is 1.43 bits per heavy atom. The van der Waals surface area contributed by atoms with E-state index in [1.807, 2.05) is 4.90 Å². The van der Waals surface area contributed by atoms with Gasteiger partial charge >= 0.3 is 0 Å². The second kappa shape index (κ2) is 6.89. The molecule has 1 atom stereocenters. The first-order chi connectivity index (χ1) is 9.91. The Morgan fingerprint density at radius 3 is 2.86 bits per heavy atom. The molecular weight excluding hydrogens is 322 g/mol. The van der Waals surface area contributed by atoms with Crippen molar-refractivity contribution < 1.29 is 17.2 Å². The minimum atomic E-state index is -3.46. The summed E-state index contributed by atoms with van der Waals surface area (Å²) in [6, 6.07) is 4.27. The average Bonchev–Trinajstić information content (AvgIpc) is 2.87. The minimum absolute atomic E-state index is 0.00579. The second-order valence-electron chi connectivity index (χ2n) is 5.01. The van der Waals surface area contributed by atoms with E-state index in [0.29, 0.717) is 25.2 Å². The molecule has 0 saturated carbocycles. The van der Waals surface area contributed by atoms with E-state index in [4.69, 9.17) is 11.6 Å². The Balaban J connectivity index is 1.95. The number of nitrogens with one attached hydrogen (secondary N) is 1. The molecule has 0 spiro atoms. The molecule has 8 heteroatoms. The summed E-state index contributed by atoms with van der Waals surface area (Å²) in [4.78, 5) is 1.89. The summed E-state index contributed by atoms with van der Waals surface area (Å²) in [5.41, 5.74) is 0.669. The zero-order valence-corrected chi connectivity index (χ0v) is 12.9. The van der Waals surface area contributed by atoms with Crippen molar-refractivity contribution in [2.75, 3.05) is 30.4 Å². The van der Waals surface area contributed by atoms with Crippen LogP contribution in [0.4, 0.5) is 14.5 Å². The van der Waals surface area contributed by atoms with E-state index in [-0.39, 0.29) is 23.2 Å². The fraction of sp³-hybridized carbons (Fsp3) is 0.538. The lowest BCUT2D eigenvalue weighted by Gasteiger charge is -2.19. The maximum Gasteiger partial charge on any atom is 0.212 e. The number of sulfonamides is 1. The van der Waals surface area contributed by atoms with Gasteiger partial charge in [-0.2, -0.15) is 0 Å². The van der Waals surface area contributed by atoms with Gasteiger partial charge < -0.3 is 4.90 Å². The molecule has 1 heterocycles. The van der Waals surface area contributed by atoms with Crippen LogP contribution in [0, 0.1) is 5.82 Å². The van der Waals surface area contributed by atoms with E-state index in [9.17, 15) is 17.2 Å². The van der Waals surface area contributed by atoms with Gasteiger partial charge in [-0.05, 0) is 31.0 Å². The normalized spacial score (nSPS) is 19.2. The molecule has 0 aromatic heterocycles. The van der Waals surface area contributed by atoms with Gasteiger partial charge in [0.2, 0.25) is 10.0 Å². The minimum Gasteiger partial charge on any atom is -0.370 e. The van der Waals surface area contributed by atoms with Crippen molar-refractivity contribution in [2.24, 2.45) is 0 Å². The number of hydrogen-bond donors (Lipinski definition) is 1. The molecule has 1 aromatic carbocycles. The highest BCUT2D eigenvalue weighted by Gasteiger charge is 2.26. The summed E-state index contributed by atoms with van der Waals surface area (Å²) in [5, 5.41) is 0.0569. The fourth-order valence-corrected chi connectivity index (χ4v) is 3.75. The van der Waals surface area contributed by atoms with Crippen LogP contribution in [0.2, 0.25) is 5.02 Å². The van der Waals surface area contributed by atoms with Crippen LogP contribution in [0.1, 0.15) is 12.8 Å². The van der Waals surface area contributed by atoms with Gasteiger partial charge in [-0.3, -0.25) is 4.39 Å². The molecule has 1 saturated heterocycles. The highest BCUT2D eigenvalue weighted by atomic mass is 35.5. The van der Waals surface area contributed by atoms with E-state index in [2.05, 4.69) is 4.72 Å². The van der Waals surface area contributed by atoms with E-state index >= 15 is 0 Å². The molecule has 1 aliphatic rings. The molecule has 118 valence electrons. The van der Waals surface area contributed by atoms with Gasteiger partial charge in [-0.1, -0.05) is 11.6 Å². The molecule has 1 unspecified atom stereocenters. The van der Waals surface area contributed by atoms with Gasteiger partial charge in [0.05, 0.1) is 17.5 Å². The third-order valence-electron chi connectivity index (χ3n) is 3.35. The predicted molar refractivity (Wildman–Crippen MR) is 79.5 cm³/mol. The van der Waals surface area contributed by atoms with Gasteiger partial charge in [0.25, 0.3) is 0 Å². The summed E-state index contributed by atoms with van der Waals surface area (Å²) >= 11 is 5.64. The number of benzene rings is 1. The zero-order chi connectivity index (χ0) is 15.5. The van der Waals surface area contributed by atoms with Gasteiger partial charge in [0, 0.05) is 24.8 Å². The monoisotopic (exact) mass is 338 g/mol. The van der Waals surface area contributed by atoms with Gasteiger partial charge in [-0.25, -0.2) is 17.5 Å². The Morgan fingerprint density at radius 2 is 2.19 bits per heavy atom. The molecular formula is C13H17ClF2N2O2S. The lowest BCUT2D eigenvalue weighted by Crippen LogP contribution is -2.38. The maximum absolute atomic E-state index is 13.4. The second-order valence-corrected chi connectivity index (χ2v) is 7.29. The number of anilines is 1. The maximum atomic E-state index is 13.4. The van der Waals surface area contributed by atoms with Crippen molar-refractivity contribution in [3.05, 3.63) is 29.0 Å². The van der Waals surface area contributed by atoms with E-state index < -0.39 is 22.5 Å². The Kier molecular flexibility index (Phi) is 5.40. The molecule has 0 amide bonds. The van der Waals surface area contributed by atoms with Crippen molar-refractivity contribution in [3.8, 4) is 0 Å². The van der Waals surface area contributed by atoms with Gasteiger partial charge in [0.1, 0.15) is 5.82 Å². The quantitative estimate of drug-likeness (QED) is 0.866. The Hall–Kier alpha value is -0.920. The number of halogens is 3. The molecule has 21 heavy (non-hydrogen) atoms. The van der Waals surface area contributed by atoms with Crippen LogP contribution in [0.3, 0.4) is 0 Å². The lowest BCUT2D eigenvalue weighted by atomic mass is 10.3. The molecule has 2 rings (SSSR count). The van der Waals surface area contributed by atoms with Crippen LogP contribution in [0.15, 0.2) is 18.2 Å². The summed E-state index contributed by atoms with van der Waals surface area (Å²) in [5.74, 6) is -0.712. The van der Waals surface area contributed by atoms with Crippen LogP contribution in [0.25, 0.3) is 0 Å². The average molecular weight is 339 g/mol. The van der Waals surface area contributed by atoms with E-state index in [1.165, 1.54) is 12.1 Å². The zero-order valence-electron chi connectivity index (χ0n) is 11.4. The summed E-state index contributed by atoms with van der Waals surface area (Å²) in [6.07, 6.45) is 0.618. The predicted octanol–water partition coefficient (Wildman–Crippen LogP) is 2.34. The van der Waals surface area contributed by atoms with E-state index in [1.54, 1.807) is 6.07 Å². The molecule has 0 radical (unpaired) electrons. The summed E-state index contributed by atoms with van der Waals surface area (Å²) in [7, 11) is -3.46. The number of hydrogen-bond acceptors (Lipinski definition) is 3. The van der Waals surface area contributed by atoms with Crippen LogP contribution < -0.4 is 9.62 Å². The van der Waals surface area contributed by atoms with Gasteiger partial charge in [0.15, 0.2) is 0 Å². The number of nitrogens with zero attached hydrogens (tertiary/aromatic N) is 1. The molecule has 4 nitrogen and oxygen atoms in total. The number of rotatable bonds is 6. The smallest absolute Gasteiger partial charge is 0.212 e. The highest BCUT2D eigenvalue weighted by molar-refractivity contribution is 7.89. The summed E-state index contributed by atoms with van der Waals surface area (Å²) in [6.45, 7) is 0.426.